The van der Waals surface area contributed by atoms with Crippen LogP contribution in [0, 0.1) is 0 Å². The fourth-order valence-electron chi connectivity index (χ4n) is 2.29. The van der Waals surface area contributed by atoms with Gasteiger partial charge < -0.3 is 5.32 Å². The molecule has 106 valence electrons. The average molecular weight is 284 g/mol. The fraction of sp³-hybridized carbons (Fsp3) is 0.143. The number of amides is 3. The number of nitrogens with one attached hydrogen (secondary N) is 1. The molecule has 0 spiro atoms. The Labute approximate surface area is 120 Å². The molecule has 0 aliphatic carbocycles. The van der Waals surface area contributed by atoms with Gasteiger partial charge in [-0.25, -0.2) is 0 Å². The lowest BCUT2D eigenvalue weighted by Gasteiger charge is -2.09. The number of fused-ring (bicyclic) bond motifs is 1. The fourth-order valence-corrected chi connectivity index (χ4v) is 2.29. The topological polar surface area (TPSA) is 84.3 Å². The quantitative estimate of drug-likeness (QED) is 0.830. The summed E-state index contributed by atoms with van der Waals surface area (Å²) in [5.74, 6) is -1.18. The minimum atomic E-state index is -0.420. The van der Waals surface area contributed by atoms with Crippen molar-refractivity contribution in [3.8, 4) is 0 Å². The van der Waals surface area contributed by atoms with Gasteiger partial charge in [0.15, 0.2) is 0 Å². The highest BCUT2D eigenvalue weighted by Gasteiger charge is 2.35. The van der Waals surface area contributed by atoms with Crippen molar-refractivity contribution in [2.75, 3.05) is 12.4 Å². The zero-order chi connectivity index (χ0) is 15.1. The van der Waals surface area contributed by atoms with E-state index in [2.05, 4.69) is 10.4 Å². The molecule has 0 bridgehead atoms. The first kappa shape index (κ1) is 13.0. The second-order valence-electron chi connectivity index (χ2n) is 4.69. The van der Waals surface area contributed by atoms with Crippen LogP contribution >= 0.6 is 0 Å². The summed E-state index contributed by atoms with van der Waals surface area (Å²) in [6.07, 6.45) is 1.51. The first-order valence-corrected chi connectivity index (χ1v) is 6.25. The lowest BCUT2D eigenvalue weighted by atomic mass is 10.1. The van der Waals surface area contributed by atoms with Crippen molar-refractivity contribution in [2.24, 2.45) is 7.05 Å². The second kappa shape index (κ2) is 4.55. The lowest BCUT2D eigenvalue weighted by molar-refractivity contribution is 0.0693. The molecule has 0 radical (unpaired) electrons. The Morgan fingerprint density at radius 3 is 2.57 bits per heavy atom. The summed E-state index contributed by atoms with van der Waals surface area (Å²) in [4.78, 5) is 37.2. The Bertz CT molecular complexity index is 778. The van der Waals surface area contributed by atoms with Gasteiger partial charge in [0, 0.05) is 20.3 Å². The number of aryl methyl sites for hydroxylation is 1. The van der Waals surface area contributed by atoms with E-state index in [4.69, 9.17) is 0 Å². The summed E-state index contributed by atoms with van der Waals surface area (Å²) in [5.41, 5.74) is 1.20. The van der Waals surface area contributed by atoms with Gasteiger partial charge in [0.2, 0.25) is 0 Å². The van der Waals surface area contributed by atoms with Crippen molar-refractivity contribution >= 4 is 23.4 Å². The number of carbonyl (C=O) groups is 3. The predicted molar refractivity (Wildman–Crippen MR) is 74.0 cm³/mol. The van der Waals surface area contributed by atoms with Crippen molar-refractivity contribution in [3.63, 3.8) is 0 Å². The van der Waals surface area contributed by atoms with E-state index in [1.54, 1.807) is 31.3 Å². The molecule has 2 aromatic rings. The third-order valence-corrected chi connectivity index (χ3v) is 3.42. The molecule has 0 saturated carbocycles. The van der Waals surface area contributed by atoms with Crippen LogP contribution in [0.4, 0.5) is 5.69 Å². The van der Waals surface area contributed by atoms with Crippen molar-refractivity contribution in [3.05, 3.63) is 47.3 Å². The Kier molecular flexibility index (Phi) is 2.83. The molecule has 1 aliphatic heterocycles. The molecule has 1 aliphatic rings. The molecular formula is C14H12N4O3. The van der Waals surface area contributed by atoms with Crippen LogP contribution in [-0.4, -0.2) is 39.4 Å². The van der Waals surface area contributed by atoms with Gasteiger partial charge in [0.1, 0.15) is 5.69 Å². The van der Waals surface area contributed by atoms with E-state index in [1.807, 2.05) is 0 Å². The molecule has 0 saturated heterocycles. The number of anilines is 1. The van der Waals surface area contributed by atoms with Gasteiger partial charge in [0.25, 0.3) is 17.7 Å². The van der Waals surface area contributed by atoms with Gasteiger partial charge in [-0.15, -0.1) is 0 Å². The Morgan fingerprint density at radius 2 is 1.90 bits per heavy atom. The number of nitrogens with zero attached hydrogens (tertiary/aromatic N) is 3. The number of hydrogen-bond acceptors (Lipinski definition) is 4. The molecule has 1 aromatic heterocycles. The lowest BCUT2D eigenvalue weighted by Crippen LogP contribution is -2.24. The van der Waals surface area contributed by atoms with Crippen LogP contribution in [0.5, 0.6) is 0 Å². The van der Waals surface area contributed by atoms with Gasteiger partial charge in [-0.2, -0.15) is 5.10 Å². The van der Waals surface area contributed by atoms with Crippen LogP contribution in [0.15, 0.2) is 30.5 Å². The molecule has 7 nitrogen and oxygen atoms in total. The highest BCUT2D eigenvalue weighted by atomic mass is 16.2. The monoisotopic (exact) mass is 284 g/mol. The van der Waals surface area contributed by atoms with E-state index in [9.17, 15) is 14.4 Å². The largest absolute Gasteiger partial charge is 0.320 e. The van der Waals surface area contributed by atoms with E-state index in [1.165, 1.54) is 17.9 Å². The Hall–Kier alpha value is -2.96. The number of aromatic nitrogens is 2. The minimum absolute atomic E-state index is 0.223. The van der Waals surface area contributed by atoms with Crippen molar-refractivity contribution in [1.29, 1.82) is 0 Å². The van der Waals surface area contributed by atoms with E-state index >= 15 is 0 Å². The number of carbonyl (C=O) groups excluding carboxylic acids is 3. The van der Waals surface area contributed by atoms with E-state index in [0.717, 1.165) is 4.90 Å². The molecule has 7 heteroatoms. The van der Waals surface area contributed by atoms with Gasteiger partial charge in [0.05, 0.1) is 16.8 Å². The standard InChI is InChI=1S/C14H12N4O3/c1-17-13(20)8-4-3-5-9(11(8)14(17)21)16-12(19)10-6-7-15-18(10)2/h3-7H,1-2H3,(H,16,19). The number of rotatable bonds is 2. The minimum Gasteiger partial charge on any atom is -0.320 e. The molecule has 0 fully saturated rings. The second-order valence-corrected chi connectivity index (χ2v) is 4.69. The van der Waals surface area contributed by atoms with Crippen LogP contribution in [0.25, 0.3) is 0 Å². The maximum atomic E-state index is 12.2. The highest BCUT2D eigenvalue weighted by Crippen LogP contribution is 2.28. The summed E-state index contributed by atoms with van der Waals surface area (Å²) >= 11 is 0. The smallest absolute Gasteiger partial charge is 0.273 e. The summed E-state index contributed by atoms with van der Waals surface area (Å²) in [5, 5.41) is 6.57. The van der Waals surface area contributed by atoms with Gasteiger partial charge in [-0.05, 0) is 18.2 Å². The van der Waals surface area contributed by atoms with Gasteiger partial charge in [-0.1, -0.05) is 6.07 Å². The zero-order valence-corrected chi connectivity index (χ0v) is 11.5. The summed E-state index contributed by atoms with van der Waals surface area (Å²) < 4.78 is 1.43. The average Bonchev–Trinajstić information content (AvgIpc) is 2.98. The molecular weight excluding hydrogens is 272 g/mol. The first-order valence-electron chi connectivity index (χ1n) is 6.25. The predicted octanol–water partition coefficient (Wildman–Crippen LogP) is 0.898. The highest BCUT2D eigenvalue weighted by molar-refractivity contribution is 6.24. The van der Waals surface area contributed by atoms with Crippen LogP contribution in [0.3, 0.4) is 0 Å². The zero-order valence-electron chi connectivity index (χ0n) is 11.5. The van der Waals surface area contributed by atoms with Crippen LogP contribution in [0.2, 0.25) is 0 Å². The van der Waals surface area contributed by atoms with Crippen LogP contribution in [-0.2, 0) is 7.05 Å². The molecule has 1 N–H and O–H groups in total. The van der Waals surface area contributed by atoms with Gasteiger partial charge >= 0.3 is 0 Å². The molecule has 2 heterocycles. The van der Waals surface area contributed by atoms with E-state index < -0.39 is 11.8 Å². The van der Waals surface area contributed by atoms with Crippen LogP contribution in [0.1, 0.15) is 31.2 Å². The van der Waals surface area contributed by atoms with Crippen LogP contribution < -0.4 is 5.32 Å². The van der Waals surface area contributed by atoms with Crippen molar-refractivity contribution in [2.45, 2.75) is 0 Å². The number of hydrogen-bond donors (Lipinski definition) is 1. The Balaban J connectivity index is 1.99. The maximum absolute atomic E-state index is 12.2. The van der Waals surface area contributed by atoms with E-state index in [0.29, 0.717) is 16.9 Å². The molecule has 3 rings (SSSR count). The molecule has 0 atom stereocenters. The number of benzene rings is 1. The molecule has 3 amide bonds. The molecule has 0 unspecified atom stereocenters. The first-order chi connectivity index (χ1) is 10.0. The normalized spacial score (nSPS) is 13.5. The molecule has 1 aromatic carbocycles. The Morgan fingerprint density at radius 1 is 1.14 bits per heavy atom. The maximum Gasteiger partial charge on any atom is 0.273 e. The van der Waals surface area contributed by atoms with Crippen molar-refractivity contribution < 1.29 is 14.4 Å². The third kappa shape index (κ3) is 1.90. The third-order valence-electron chi connectivity index (χ3n) is 3.42. The van der Waals surface area contributed by atoms with E-state index in [-0.39, 0.29) is 11.5 Å². The number of imide groups is 1. The summed E-state index contributed by atoms with van der Waals surface area (Å²) in [6.45, 7) is 0. The van der Waals surface area contributed by atoms with Gasteiger partial charge in [-0.3, -0.25) is 24.0 Å². The van der Waals surface area contributed by atoms with Crippen molar-refractivity contribution in [1.82, 2.24) is 14.7 Å². The SMILES string of the molecule is CN1C(=O)c2cccc(NC(=O)c3ccnn3C)c2C1=O. The summed E-state index contributed by atoms with van der Waals surface area (Å²) in [7, 11) is 3.06. The summed E-state index contributed by atoms with van der Waals surface area (Å²) in [6, 6.07) is 6.36. The molecule has 21 heavy (non-hydrogen) atoms.